The second kappa shape index (κ2) is 14.2. The molecule has 0 bridgehead atoms. The Hall–Kier alpha value is -4.74. The van der Waals surface area contributed by atoms with Crippen LogP contribution in [0.15, 0.2) is 182 Å². The number of hydrogen-bond acceptors (Lipinski definition) is 2. The summed E-state index contributed by atoms with van der Waals surface area (Å²) in [6.07, 6.45) is 1.43. The third-order valence-electron chi connectivity index (χ3n) is 9.63. The Kier molecular flexibility index (Phi) is 9.40. The van der Waals surface area contributed by atoms with Crippen LogP contribution in [0.4, 0.5) is 0 Å². The first-order valence-corrected chi connectivity index (χ1v) is 20.3. The van der Waals surface area contributed by atoms with Gasteiger partial charge in [-0.1, -0.05) is 182 Å². The van der Waals surface area contributed by atoms with Crippen LogP contribution in [0.3, 0.4) is 0 Å². The van der Waals surface area contributed by atoms with Gasteiger partial charge in [-0.15, -0.1) is 0 Å². The van der Waals surface area contributed by atoms with Crippen LogP contribution in [0, 0.1) is 11.8 Å². The summed E-state index contributed by atoms with van der Waals surface area (Å²) in [6.45, 7) is -4.95. The van der Waals surface area contributed by atoms with E-state index in [1.165, 1.54) is 0 Å². The van der Waals surface area contributed by atoms with Crippen molar-refractivity contribution in [2.45, 2.75) is 12.8 Å². The first-order valence-electron chi connectivity index (χ1n) is 16.5. The minimum atomic E-state index is -2.47. The van der Waals surface area contributed by atoms with Gasteiger partial charge in [0, 0.05) is 11.8 Å². The molecule has 7 rings (SSSR count). The molecule has 0 radical (unpaired) electrons. The molecule has 236 valence electrons. The average molecular weight is 661 g/mol. The summed E-state index contributed by atoms with van der Waals surface area (Å²) < 4.78 is 0. The maximum absolute atomic E-state index is 14.7. The van der Waals surface area contributed by atoms with Crippen molar-refractivity contribution in [1.82, 2.24) is 0 Å². The molecule has 0 aliphatic heterocycles. The summed E-state index contributed by atoms with van der Waals surface area (Å²) in [4.78, 5) is 29.3. The highest BCUT2D eigenvalue weighted by atomic mass is 31.2. The van der Waals surface area contributed by atoms with E-state index < -0.39 is 13.8 Å². The lowest BCUT2D eigenvalue weighted by Crippen LogP contribution is -2.41. The highest BCUT2D eigenvalue weighted by Gasteiger charge is 2.42. The molecule has 48 heavy (non-hydrogen) atoms. The first-order chi connectivity index (χ1) is 23.6. The highest BCUT2D eigenvalue weighted by Crippen LogP contribution is 2.47. The van der Waals surface area contributed by atoms with Crippen molar-refractivity contribution in [3.63, 3.8) is 0 Å². The van der Waals surface area contributed by atoms with Crippen LogP contribution in [0.2, 0.25) is 0 Å². The van der Waals surface area contributed by atoms with E-state index in [0.717, 1.165) is 31.8 Å². The molecule has 2 atom stereocenters. The molecule has 4 heteroatoms. The fourth-order valence-corrected chi connectivity index (χ4v) is 14.8. The quantitative estimate of drug-likeness (QED) is 0.153. The number of hydrogen-bond donors (Lipinski definition) is 0. The molecule has 1 aliphatic carbocycles. The Morgan fingerprint density at radius 3 is 0.708 bits per heavy atom. The smallest absolute Gasteiger partial charge is 0.160 e. The number of ketones is 2. The second-order valence-electron chi connectivity index (χ2n) is 12.3. The lowest BCUT2D eigenvalue weighted by atomic mass is 9.70. The molecular formula is C44H38O2P2. The fourth-order valence-electron chi connectivity index (χ4n) is 7.07. The predicted octanol–water partition coefficient (Wildman–Crippen LogP) is 6.74. The van der Waals surface area contributed by atoms with E-state index >= 15 is 0 Å². The third kappa shape index (κ3) is 5.92. The van der Waals surface area contributed by atoms with Gasteiger partial charge in [-0.05, 0) is 70.0 Å². The molecule has 6 aromatic rings. The number of carbonyl (C=O) groups is 2. The number of Topliss-reactive ketones (excluding diaryl/α,β-unsaturated/α-hetero) is 2. The van der Waals surface area contributed by atoms with Crippen LogP contribution in [-0.2, 0) is 9.59 Å². The summed E-state index contributed by atoms with van der Waals surface area (Å²) in [5, 5.41) is 6.79. The van der Waals surface area contributed by atoms with Crippen molar-refractivity contribution < 1.29 is 9.59 Å². The van der Waals surface area contributed by atoms with E-state index in [4.69, 9.17) is 0 Å². The standard InChI is InChI=1S/C44H38O2P2/c45-43(33-47(35-19-7-1-8-20-35,36-21-9-2-10-22-36)37-23-11-3-12-24-37)41-31-32-42(41)44(46)34-48(38-25-13-4-14-26-38,39-27-15-5-16-28-39)40-29-17-6-18-30-40/h1-30,33-34,41-42H,31-32H2/t41-,42+. The molecule has 1 fully saturated rings. The second-order valence-corrected chi connectivity index (χ2v) is 18.8. The van der Waals surface area contributed by atoms with Crippen molar-refractivity contribution in [2.24, 2.45) is 11.8 Å². The summed E-state index contributed by atoms with van der Waals surface area (Å²) in [5.74, 6) is 3.47. The Bertz CT molecular complexity index is 1750. The molecule has 0 saturated heterocycles. The Labute approximate surface area is 284 Å². The molecule has 0 heterocycles. The van der Waals surface area contributed by atoms with Crippen LogP contribution in [0.25, 0.3) is 0 Å². The largest absolute Gasteiger partial charge is 0.294 e. The molecule has 0 unspecified atom stereocenters. The molecular weight excluding hydrogens is 622 g/mol. The monoisotopic (exact) mass is 660 g/mol. The van der Waals surface area contributed by atoms with Crippen molar-refractivity contribution in [3.05, 3.63) is 182 Å². The average Bonchev–Trinajstić information content (AvgIpc) is 3.14. The lowest BCUT2D eigenvalue weighted by molar-refractivity contribution is -0.129. The van der Waals surface area contributed by atoms with Gasteiger partial charge in [0.15, 0.2) is 11.6 Å². The minimum Gasteiger partial charge on any atom is -0.294 e. The van der Waals surface area contributed by atoms with E-state index in [-0.39, 0.29) is 23.4 Å². The van der Waals surface area contributed by atoms with E-state index in [0.29, 0.717) is 12.8 Å². The van der Waals surface area contributed by atoms with Gasteiger partial charge in [0.1, 0.15) is 0 Å². The fraction of sp³-hybridized carbons (Fsp3) is 0.0909. The molecule has 0 amide bonds. The Balaban J connectivity index is 1.37. The van der Waals surface area contributed by atoms with Gasteiger partial charge >= 0.3 is 0 Å². The predicted molar refractivity (Wildman–Crippen MR) is 209 cm³/mol. The highest BCUT2D eigenvalue weighted by molar-refractivity contribution is 7.95. The minimum absolute atomic E-state index is 0.0703. The van der Waals surface area contributed by atoms with Crippen LogP contribution < -0.4 is 31.8 Å². The SMILES string of the molecule is O=C(C=P(c1ccccc1)(c1ccccc1)c1ccccc1)[C@H]1CC[C@H]1C(=O)C=P(c1ccccc1)(c1ccccc1)c1ccccc1. The zero-order chi connectivity index (χ0) is 32.8. The van der Waals surface area contributed by atoms with Gasteiger partial charge in [0.2, 0.25) is 0 Å². The summed E-state index contributed by atoms with van der Waals surface area (Å²) >= 11 is 0. The van der Waals surface area contributed by atoms with Crippen molar-refractivity contribution in [3.8, 4) is 0 Å². The molecule has 0 N–H and O–H groups in total. The maximum atomic E-state index is 14.7. The van der Waals surface area contributed by atoms with Gasteiger partial charge in [0.05, 0.1) is 0 Å². The summed E-state index contributed by atoms with van der Waals surface area (Å²) in [6, 6.07) is 62.5. The normalized spacial score (nSPS) is 15.9. The van der Waals surface area contributed by atoms with Gasteiger partial charge < -0.3 is 0 Å². The molecule has 1 saturated carbocycles. The van der Waals surface area contributed by atoms with E-state index in [1.54, 1.807) is 0 Å². The molecule has 0 aromatic heterocycles. The topological polar surface area (TPSA) is 34.1 Å². The lowest BCUT2D eigenvalue weighted by Gasteiger charge is -2.36. The van der Waals surface area contributed by atoms with Crippen molar-refractivity contribution in [1.29, 1.82) is 0 Å². The van der Waals surface area contributed by atoms with E-state index in [9.17, 15) is 9.59 Å². The molecule has 2 nitrogen and oxygen atoms in total. The third-order valence-corrected chi connectivity index (χ3v) is 17.6. The molecule has 6 aromatic carbocycles. The Morgan fingerprint density at radius 1 is 0.354 bits per heavy atom. The van der Waals surface area contributed by atoms with E-state index in [1.807, 2.05) is 48.0 Å². The molecule has 1 aliphatic rings. The Morgan fingerprint density at radius 2 is 0.542 bits per heavy atom. The van der Waals surface area contributed by atoms with Crippen LogP contribution in [0.5, 0.6) is 0 Å². The van der Waals surface area contributed by atoms with Crippen LogP contribution in [-0.4, -0.2) is 23.2 Å². The molecule has 0 spiro atoms. The van der Waals surface area contributed by atoms with Crippen LogP contribution in [0.1, 0.15) is 12.8 Å². The number of carbonyl (C=O) groups excluding carboxylic acids is 2. The zero-order valence-corrected chi connectivity index (χ0v) is 28.5. The first kappa shape index (κ1) is 31.8. The van der Waals surface area contributed by atoms with Crippen molar-refractivity contribution >= 4 is 68.8 Å². The number of rotatable bonds is 10. The van der Waals surface area contributed by atoms with Gasteiger partial charge in [-0.3, -0.25) is 9.59 Å². The van der Waals surface area contributed by atoms with Gasteiger partial charge in [0.25, 0.3) is 0 Å². The summed E-state index contributed by atoms with van der Waals surface area (Å²) in [5.41, 5.74) is 0. The van der Waals surface area contributed by atoms with Crippen molar-refractivity contribution in [2.75, 3.05) is 0 Å². The zero-order valence-electron chi connectivity index (χ0n) is 26.8. The van der Waals surface area contributed by atoms with Crippen LogP contribution >= 0.6 is 13.8 Å². The number of benzene rings is 6. The van der Waals surface area contributed by atoms with Gasteiger partial charge in [-0.2, -0.15) is 0 Å². The van der Waals surface area contributed by atoms with E-state index in [2.05, 4.69) is 146 Å². The van der Waals surface area contributed by atoms with Gasteiger partial charge in [-0.25, -0.2) is 0 Å². The summed E-state index contributed by atoms with van der Waals surface area (Å²) in [7, 11) is 0. The maximum Gasteiger partial charge on any atom is 0.160 e.